The summed E-state index contributed by atoms with van der Waals surface area (Å²) in [7, 11) is 3.13. The summed E-state index contributed by atoms with van der Waals surface area (Å²) < 4.78 is 10.3. The standard InChI is InChI=1S/C11H16ClNO3/c1-7-11(16-3)10(9(14)4-12)8(5-13-7)6-15-2/h5,9,14H,4,6H2,1-3H3. The number of pyridine rings is 1. The number of alkyl halides is 1. The molecule has 4 nitrogen and oxygen atoms in total. The molecular weight excluding hydrogens is 230 g/mol. The fraction of sp³-hybridized carbons (Fsp3) is 0.545. The molecule has 0 spiro atoms. The maximum atomic E-state index is 9.88. The van der Waals surface area contributed by atoms with Gasteiger partial charge in [-0.05, 0) is 6.92 Å². The molecule has 0 saturated carbocycles. The van der Waals surface area contributed by atoms with Crippen molar-refractivity contribution in [1.29, 1.82) is 0 Å². The monoisotopic (exact) mass is 245 g/mol. The normalized spacial score (nSPS) is 12.6. The number of aliphatic hydroxyl groups excluding tert-OH is 1. The summed E-state index contributed by atoms with van der Waals surface area (Å²) in [5, 5.41) is 9.88. The van der Waals surface area contributed by atoms with Crippen molar-refractivity contribution in [3.8, 4) is 5.75 Å². The Hall–Kier alpha value is -0.840. The van der Waals surface area contributed by atoms with Gasteiger partial charge in [-0.3, -0.25) is 4.98 Å². The van der Waals surface area contributed by atoms with Crippen LogP contribution >= 0.6 is 11.6 Å². The van der Waals surface area contributed by atoms with Crippen LogP contribution in [0.5, 0.6) is 5.75 Å². The summed E-state index contributed by atoms with van der Waals surface area (Å²) in [6, 6.07) is 0. The van der Waals surface area contributed by atoms with E-state index in [1.165, 1.54) is 0 Å². The van der Waals surface area contributed by atoms with Gasteiger partial charge in [0.05, 0.1) is 31.4 Å². The van der Waals surface area contributed by atoms with E-state index in [1.54, 1.807) is 20.4 Å². The highest BCUT2D eigenvalue weighted by Gasteiger charge is 2.19. The molecule has 0 amide bonds. The van der Waals surface area contributed by atoms with Gasteiger partial charge >= 0.3 is 0 Å². The van der Waals surface area contributed by atoms with Gasteiger partial charge in [-0.25, -0.2) is 0 Å². The predicted molar refractivity (Wildman–Crippen MR) is 61.9 cm³/mol. The molecule has 90 valence electrons. The molecule has 0 aliphatic carbocycles. The molecule has 0 aliphatic heterocycles. The number of aliphatic hydroxyl groups is 1. The summed E-state index contributed by atoms with van der Waals surface area (Å²) >= 11 is 5.67. The second-order valence-corrected chi connectivity index (χ2v) is 3.73. The lowest BCUT2D eigenvalue weighted by atomic mass is 10.0. The van der Waals surface area contributed by atoms with Crippen molar-refractivity contribution in [3.05, 3.63) is 23.0 Å². The van der Waals surface area contributed by atoms with E-state index >= 15 is 0 Å². The maximum Gasteiger partial charge on any atom is 0.146 e. The number of hydrogen-bond donors (Lipinski definition) is 1. The lowest BCUT2D eigenvalue weighted by Crippen LogP contribution is -2.09. The fourth-order valence-electron chi connectivity index (χ4n) is 1.61. The zero-order chi connectivity index (χ0) is 12.1. The van der Waals surface area contributed by atoms with E-state index in [-0.39, 0.29) is 5.88 Å². The van der Waals surface area contributed by atoms with Gasteiger partial charge in [0.1, 0.15) is 5.75 Å². The van der Waals surface area contributed by atoms with Crippen molar-refractivity contribution in [1.82, 2.24) is 4.98 Å². The molecule has 0 bridgehead atoms. The van der Waals surface area contributed by atoms with E-state index in [9.17, 15) is 5.11 Å². The molecule has 1 N–H and O–H groups in total. The number of aromatic nitrogens is 1. The van der Waals surface area contributed by atoms with Crippen LogP contribution in [0.4, 0.5) is 0 Å². The summed E-state index contributed by atoms with van der Waals surface area (Å²) in [6.07, 6.45) is 0.899. The van der Waals surface area contributed by atoms with Crippen molar-refractivity contribution >= 4 is 11.6 Å². The lowest BCUT2D eigenvalue weighted by molar-refractivity contribution is 0.169. The average Bonchev–Trinajstić information content (AvgIpc) is 2.30. The molecule has 1 heterocycles. The number of hydrogen-bond acceptors (Lipinski definition) is 4. The highest BCUT2D eigenvalue weighted by atomic mass is 35.5. The number of methoxy groups -OCH3 is 2. The van der Waals surface area contributed by atoms with Gasteiger partial charge in [0, 0.05) is 24.4 Å². The van der Waals surface area contributed by atoms with E-state index < -0.39 is 6.10 Å². The van der Waals surface area contributed by atoms with E-state index in [4.69, 9.17) is 21.1 Å². The second-order valence-electron chi connectivity index (χ2n) is 3.42. The summed E-state index contributed by atoms with van der Waals surface area (Å²) in [5.74, 6) is 0.680. The molecule has 1 unspecified atom stereocenters. The number of aryl methyl sites for hydroxylation is 1. The Balaban J connectivity index is 3.28. The van der Waals surface area contributed by atoms with E-state index in [1.807, 2.05) is 6.92 Å². The Bertz CT molecular complexity index is 357. The molecule has 1 aromatic heterocycles. The molecular formula is C11H16ClNO3. The minimum Gasteiger partial charge on any atom is -0.494 e. The van der Waals surface area contributed by atoms with Crippen LogP contribution in [0.15, 0.2) is 6.20 Å². The van der Waals surface area contributed by atoms with Crippen LogP contribution < -0.4 is 4.74 Å². The smallest absolute Gasteiger partial charge is 0.146 e. The van der Waals surface area contributed by atoms with E-state index in [2.05, 4.69) is 4.98 Å². The van der Waals surface area contributed by atoms with Crippen molar-refractivity contribution in [2.75, 3.05) is 20.1 Å². The first-order valence-electron chi connectivity index (χ1n) is 4.91. The largest absolute Gasteiger partial charge is 0.494 e. The lowest BCUT2D eigenvalue weighted by Gasteiger charge is -2.18. The molecule has 1 rings (SSSR count). The third kappa shape index (κ3) is 2.64. The minimum absolute atomic E-state index is 0.108. The maximum absolute atomic E-state index is 9.88. The summed E-state index contributed by atoms with van der Waals surface area (Å²) in [5.41, 5.74) is 2.17. The molecule has 0 saturated heterocycles. The van der Waals surface area contributed by atoms with Gasteiger partial charge in [-0.15, -0.1) is 11.6 Å². The van der Waals surface area contributed by atoms with Crippen LogP contribution in [0, 0.1) is 6.92 Å². The topological polar surface area (TPSA) is 51.6 Å². The van der Waals surface area contributed by atoms with Crippen molar-refractivity contribution in [2.24, 2.45) is 0 Å². The number of nitrogens with zero attached hydrogens (tertiary/aromatic N) is 1. The van der Waals surface area contributed by atoms with E-state index in [0.29, 0.717) is 17.9 Å². The molecule has 0 radical (unpaired) electrons. The summed E-state index contributed by atoms with van der Waals surface area (Å²) in [6.45, 7) is 2.19. The van der Waals surface area contributed by atoms with Crippen molar-refractivity contribution in [3.63, 3.8) is 0 Å². The average molecular weight is 246 g/mol. The number of ether oxygens (including phenoxy) is 2. The van der Waals surface area contributed by atoms with E-state index in [0.717, 1.165) is 11.3 Å². The zero-order valence-electron chi connectivity index (χ0n) is 9.66. The van der Waals surface area contributed by atoms with Crippen LogP contribution in [0.1, 0.15) is 22.9 Å². The number of halogens is 1. The summed E-state index contributed by atoms with van der Waals surface area (Å²) in [4.78, 5) is 4.19. The third-order valence-electron chi connectivity index (χ3n) is 2.32. The first-order chi connectivity index (χ1) is 7.65. The Morgan fingerprint density at radius 2 is 2.19 bits per heavy atom. The highest BCUT2D eigenvalue weighted by Crippen LogP contribution is 2.31. The van der Waals surface area contributed by atoms with Crippen LogP contribution in [-0.4, -0.2) is 30.2 Å². The van der Waals surface area contributed by atoms with Gasteiger partial charge in [0.25, 0.3) is 0 Å². The van der Waals surface area contributed by atoms with Crippen LogP contribution in [-0.2, 0) is 11.3 Å². The van der Waals surface area contributed by atoms with Crippen molar-refractivity contribution < 1.29 is 14.6 Å². The Morgan fingerprint density at radius 3 is 2.69 bits per heavy atom. The van der Waals surface area contributed by atoms with Crippen LogP contribution in [0.2, 0.25) is 0 Å². The van der Waals surface area contributed by atoms with Crippen molar-refractivity contribution in [2.45, 2.75) is 19.6 Å². The first kappa shape index (κ1) is 13.2. The second kappa shape index (κ2) is 6.03. The molecule has 16 heavy (non-hydrogen) atoms. The Morgan fingerprint density at radius 1 is 1.50 bits per heavy atom. The van der Waals surface area contributed by atoms with Gasteiger partial charge < -0.3 is 14.6 Å². The minimum atomic E-state index is -0.775. The van der Waals surface area contributed by atoms with Gasteiger partial charge in [-0.2, -0.15) is 0 Å². The number of rotatable bonds is 5. The quantitative estimate of drug-likeness (QED) is 0.804. The Kier molecular flexibility index (Phi) is 4.99. The molecule has 0 aliphatic rings. The van der Waals surface area contributed by atoms with Gasteiger partial charge in [0.2, 0.25) is 0 Å². The first-order valence-corrected chi connectivity index (χ1v) is 5.44. The van der Waals surface area contributed by atoms with Crippen LogP contribution in [0.3, 0.4) is 0 Å². The Labute approximate surface area is 100 Å². The van der Waals surface area contributed by atoms with Crippen LogP contribution in [0.25, 0.3) is 0 Å². The highest BCUT2D eigenvalue weighted by molar-refractivity contribution is 6.18. The molecule has 0 aromatic carbocycles. The SMILES string of the molecule is COCc1cnc(C)c(OC)c1C(O)CCl. The third-order valence-corrected chi connectivity index (χ3v) is 2.61. The molecule has 5 heteroatoms. The molecule has 0 fully saturated rings. The molecule has 1 aromatic rings. The van der Waals surface area contributed by atoms with Gasteiger partial charge in [0.15, 0.2) is 0 Å². The van der Waals surface area contributed by atoms with Gasteiger partial charge in [-0.1, -0.05) is 0 Å². The fourth-order valence-corrected chi connectivity index (χ4v) is 1.77. The molecule has 1 atom stereocenters. The predicted octanol–water partition coefficient (Wildman–Crippen LogP) is 1.82. The zero-order valence-corrected chi connectivity index (χ0v) is 10.4.